The molecule has 1 atom stereocenters. The van der Waals surface area contributed by atoms with Crippen molar-refractivity contribution in [2.24, 2.45) is 5.92 Å². The standard InChI is InChI=1S/C24H27F3N4O3/c1-3-18-19(12-15(2)24(25,26)27)30-21(29-18)16-4-5-20(28-13-16)31-10-8-23(9-11-31)7-6-17(14-34-23)22(32)33/h3-5,12-13,17H,1,6-11,14H2,2H3,(H,29,30)(H,32,33)/b15-12+. The van der Waals surface area contributed by atoms with Crippen molar-refractivity contribution in [3.63, 3.8) is 0 Å². The van der Waals surface area contributed by atoms with Gasteiger partial charge in [-0.2, -0.15) is 13.2 Å². The number of aromatic nitrogens is 3. The van der Waals surface area contributed by atoms with E-state index in [0.29, 0.717) is 23.5 Å². The highest BCUT2D eigenvalue weighted by atomic mass is 19.4. The Balaban J connectivity index is 1.43. The predicted molar refractivity (Wildman–Crippen MR) is 122 cm³/mol. The smallest absolute Gasteiger partial charge is 0.412 e. The number of aromatic amines is 1. The first-order chi connectivity index (χ1) is 16.1. The maximum Gasteiger partial charge on any atom is 0.412 e. The van der Waals surface area contributed by atoms with Crippen molar-refractivity contribution in [2.45, 2.75) is 44.4 Å². The molecule has 0 aliphatic carbocycles. The number of aliphatic carboxylic acids is 1. The van der Waals surface area contributed by atoms with Gasteiger partial charge >= 0.3 is 12.1 Å². The maximum absolute atomic E-state index is 12.9. The van der Waals surface area contributed by atoms with Crippen LogP contribution in [0.3, 0.4) is 0 Å². The molecule has 2 aliphatic rings. The fourth-order valence-corrected chi connectivity index (χ4v) is 4.42. The fraction of sp³-hybridized carbons (Fsp3) is 0.458. The van der Waals surface area contributed by atoms with Gasteiger partial charge in [-0.25, -0.2) is 9.97 Å². The van der Waals surface area contributed by atoms with Gasteiger partial charge in [0.15, 0.2) is 0 Å². The van der Waals surface area contributed by atoms with Crippen molar-refractivity contribution in [2.75, 3.05) is 24.6 Å². The molecule has 1 unspecified atom stereocenters. The second kappa shape index (κ2) is 9.25. The number of piperidine rings is 1. The summed E-state index contributed by atoms with van der Waals surface area (Å²) in [6, 6.07) is 3.69. The van der Waals surface area contributed by atoms with Crippen LogP contribution >= 0.6 is 0 Å². The molecule has 10 heteroatoms. The van der Waals surface area contributed by atoms with Gasteiger partial charge in [-0.15, -0.1) is 0 Å². The van der Waals surface area contributed by atoms with E-state index in [1.165, 1.54) is 6.08 Å². The molecule has 4 heterocycles. The van der Waals surface area contributed by atoms with Gasteiger partial charge in [-0.05, 0) is 56.9 Å². The van der Waals surface area contributed by atoms with Crippen LogP contribution in [0.25, 0.3) is 23.5 Å². The molecule has 0 amide bonds. The first-order valence-electron chi connectivity index (χ1n) is 11.2. The number of rotatable bonds is 5. The Morgan fingerprint density at radius 3 is 2.59 bits per heavy atom. The van der Waals surface area contributed by atoms with E-state index in [0.717, 1.165) is 51.2 Å². The van der Waals surface area contributed by atoms with E-state index in [4.69, 9.17) is 9.84 Å². The van der Waals surface area contributed by atoms with E-state index in [2.05, 4.69) is 26.4 Å². The van der Waals surface area contributed by atoms with Crippen molar-refractivity contribution >= 4 is 23.9 Å². The molecule has 0 radical (unpaired) electrons. The molecule has 4 rings (SSSR count). The summed E-state index contributed by atoms with van der Waals surface area (Å²) < 4.78 is 44.7. The molecule has 182 valence electrons. The zero-order valence-corrected chi connectivity index (χ0v) is 18.9. The van der Waals surface area contributed by atoms with Crippen molar-refractivity contribution in [1.82, 2.24) is 15.0 Å². The molecule has 2 aromatic rings. The lowest BCUT2D eigenvalue weighted by Crippen LogP contribution is -2.50. The Bertz CT molecular complexity index is 1070. The summed E-state index contributed by atoms with van der Waals surface area (Å²) >= 11 is 0. The molecule has 0 saturated carbocycles. The molecule has 7 nitrogen and oxygen atoms in total. The summed E-state index contributed by atoms with van der Waals surface area (Å²) in [4.78, 5) is 25.1. The number of imidazole rings is 1. The number of pyridine rings is 1. The van der Waals surface area contributed by atoms with Crippen molar-refractivity contribution < 1.29 is 27.8 Å². The largest absolute Gasteiger partial charge is 0.481 e. The number of carbonyl (C=O) groups is 1. The van der Waals surface area contributed by atoms with E-state index in [9.17, 15) is 18.0 Å². The van der Waals surface area contributed by atoms with Crippen LogP contribution in [0.2, 0.25) is 0 Å². The highest BCUT2D eigenvalue weighted by Gasteiger charge is 2.41. The maximum atomic E-state index is 12.9. The first-order valence-corrected chi connectivity index (χ1v) is 11.2. The Morgan fingerprint density at radius 2 is 2.06 bits per heavy atom. The molecule has 2 aliphatic heterocycles. The lowest BCUT2D eigenvalue weighted by atomic mass is 9.82. The molecule has 34 heavy (non-hydrogen) atoms. The Morgan fingerprint density at radius 1 is 1.32 bits per heavy atom. The second-order valence-electron chi connectivity index (χ2n) is 8.87. The number of ether oxygens (including phenoxy) is 1. The van der Waals surface area contributed by atoms with Crippen molar-refractivity contribution in [3.05, 3.63) is 41.9 Å². The van der Waals surface area contributed by atoms with Gasteiger partial charge in [0, 0.05) is 30.4 Å². The van der Waals surface area contributed by atoms with Crippen LogP contribution in [-0.4, -0.2) is 57.5 Å². The van der Waals surface area contributed by atoms with E-state index in [1.54, 1.807) is 6.20 Å². The van der Waals surface area contributed by atoms with Gasteiger partial charge in [0.05, 0.1) is 29.5 Å². The van der Waals surface area contributed by atoms with Gasteiger partial charge in [-0.3, -0.25) is 4.79 Å². The van der Waals surface area contributed by atoms with Crippen LogP contribution in [-0.2, 0) is 9.53 Å². The minimum atomic E-state index is -4.42. The van der Waals surface area contributed by atoms with E-state index < -0.39 is 23.6 Å². The van der Waals surface area contributed by atoms with Crippen LogP contribution in [0, 0.1) is 5.92 Å². The molecule has 0 aromatic carbocycles. The summed E-state index contributed by atoms with van der Waals surface area (Å²) in [5.41, 5.74) is 0.239. The van der Waals surface area contributed by atoms with Crippen molar-refractivity contribution in [1.29, 1.82) is 0 Å². The summed E-state index contributed by atoms with van der Waals surface area (Å²) in [5.74, 6) is -0.0147. The molecule has 0 bridgehead atoms. The average molecular weight is 476 g/mol. The van der Waals surface area contributed by atoms with Crippen LogP contribution in [0.4, 0.5) is 19.0 Å². The number of alkyl halides is 3. The average Bonchev–Trinajstić information content (AvgIpc) is 3.22. The number of nitrogens with one attached hydrogen (secondary N) is 1. The molecular formula is C24H27F3N4O3. The summed E-state index contributed by atoms with van der Waals surface area (Å²) in [7, 11) is 0. The van der Waals surface area contributed by atoms with Crippen LogP contribution < -0.4 is 4.90 Å². The Hall–Kier alpha value is -3.14. The molecule has 2 fully saturated rings. The van der Waals surface area contributed by atoms with E-state index in [-0.39, 0.29) is 17.9 Å². The van der Waals surface area contributed by atoms with Gasteiger partial charge in [0.25, 0.3) is 0 Å². The number of carboxylic acid groups (broad SMARTS) is 1. The van der Waals surface area contributed by atoms with Crippen LogP contribution in [0.15, 0.2) is 30.5 Å². The minimum Gasteiger partial charge on any atom is -0.481 e. The number of hydrogen-bond donors (Lipinski definition) is 2. The minimum absolute atomic E-state index is 0.239. The number of anilines is 1. The normalized spacial score (nSPS) is 21.0. The quantitative estimate of drug-likeness (QED) is 0.636. The molecule has 2 N–H and O–H groups in total. The predicted octanol–water partition coefficient (Wildman–Crippen LogP) is 4.93. The fourth-order valence-electron chi connectivity index (χ4n) is 4.42. The van der Waals surface area contributed by atoms with E-state index >= 15 is 0 Å². The molecule has 2 saturated heterocycles. The van der Waals surface area contributed by atoms with Gasteiger partial charge in [-0.1, -0.05) is 6.58 Å². The monoisotopic (exact) mass is 476 g/mol. The highest BCUT2D eigenvalue weighted by Crippen LogP contribution is 2.38. The van der Waals surface area contributed by atoms with Gasteiger partial charge in [0.1, 0.15) is 11.6 Å². The lowest BCUT2D eigenvalue weighted by Gasteiger charge is -2.45. The number of carboxylic acids is 1. The van der Waals surface area contributed by atoms with Crippen molar-refractivity contribution in [3.8, 4) is 11.4 Å². The second-order valence-corrected chi connectivity index (χ2v) is 8.87. The third-order valence-corrected chi connectivity index (χ3v) is 6.67. The first kappa shape index (κ1) is 24.0. The number of nitrogens with zero attached hydrogens (tertiary/aromatic N) is 3. The van der Waals surface area contributed by atoms with E-state index in [1.807, 2.05) is 12.1 Å². The van der Waals surface area contributed by atoms with Crippen LogP contribution in [0.5, 0.6) is 0 Å². The third-order valence-electron chi connectivity index (χ3n) is 6.67. The molecule has 2 aromatic heterocycles. The van der Waals surface area contributed by atoms with Gasteiger partial charge in [0.2, 0.25) is 0 Å². The number of hydrogen-bond acceptors (Lipinski definition) is 5. The Labute approximate surface area is 195 Å². The molecular weight excluding hydrogens is 449 g/mol. The zero-order valence-electron chi connectivity index (χ0n) is 18.9. The topological polar surface area (TPSA) is 91.3 Å². The number of allylic oxidation sites excluding steroid dienone is 1. The number of H-pyrrole nitrogens is 1. The van der Waals surface area contributed by atoms with Gasteiger partial charge < -0.3 is 19.7 Å². The van der Waals surface area contributed by atoms with Crippen LogP contribution in [0.1, 0.15) is 44.0 Å². The molecule has 1 spiro atoms. The zero-order chi connectivity index (χ0) is 24.5. The summed E-state index contributed by atoms with van der Waals surface area (Å²) in [5, 5.41) is 9.17. The highest BCUT2D eigenvalue weighted by molar-refractivity contribution is 5.70. The third kappa shape index (κ3) is 5.01. The summed E-state index contributed by atoms with van der Waals surface area (Å²) in [6.07, 6.45) is 2.65. The Kier molecular flexibility index (Phi) is 6.53. The summed E-state index contributed by atoms with van der Waals surface area (Å²) in [6.45, 7) is 6.40. The number of halogens is 3. The lowest BCUT2D eigenvalue weighted by molar-refractivity contribution is -0.158. The SMILES string of the molecule is C=Cc1nc(-c2ccc(N3CCC4(CCC(C(=O)O)CO4)CC3)nc2)[nH]c1/C=C(\C)C(F)(F)F.